The number of carbonyl (C=O) groups is 2. The van der Waals surface area contributed by atoms with Gasteiger partial charge in [-0.25, -0.2) is 9.18 Å². The molecule has 0 unspecified atom stereocenters. The van der Waals surface area contributed by atoms with Gasteiger partial charge in [-0.15, -0.1) is 0 Å². The Labute approximate surface area is 167 Å². The summed E-state index contributed by atoms with van der Waals surface area (Å²) in [4.78, 5) is 26.3. The first kappa shape index (κ1) is 18.6. The van der Waals surface area contributed by atoms with Gasteiger partial charge in [-0.2, -0.15) is 0 Å². The summed E-state index contributed by atoms with van der Waals surface area (Å²) in [6.45, 7) is 0.674. The van der Waals surface area contributed by atoms with Crippen LogP contribution < -0.4 is 9.64 Å². The van der Waals surface area contributed by atoms with Crippen LogP contribution in [-0.4, -0.2) is 18.4 Å². The molecule has 1 aliphatic heterocycles. The summed E-state index contributed by atoms with van der Waals surface area (Å²) in [5.41, 5.74) is 2.80. The fourth-order valence-electron chi connectivity index (χ4n) is 3.26. The number of carbonyl (C=O) groups excluding carboxylic acids is 2. The van der Waals surface area contributed by atoms with Crippen molar-refractivity contribution in [2.75, 3.05) is 11.4 Å². The van der Waals surface area contributed by atoms with Crippen LogP contribution in [0.3, 0.4) is 0 Å². The van der Waals surface area contributed by atoms with Crippen LogP contribution in [0.4, 0.5) is 10.1 Å². The smallest absolute Gasteiger partial charge is 0.346 e. The van der Waals surface area contributed by atoms with Gasteiger partial charge >= 0.3 is 5.97 Å². The van der Waals surface area contributed by atoms with Gasteiger partial charge in [-0.1, -0.05) is 42.5 Å². The van der Waals surface area contributed by atoms with Gasteiger partial charge in [0.15, 0.2) is 0 Å². The van der Waals surface area contributed by atoms with E-state index >= 15 is 0 Å². The minimum absolute atomic E-state index is 0.0787. The molecule has 4 nitrogen and oxygen atoms in total. The highest BCUT2D eigenvalue weighted by molar-refractivity contribution is 6.05. The Morgan fingerprint density at radius 1 is 0.931 bits per heavy atom. The summed E-state index contributed by atoms with van der Waals surface area (Å²) >= 11 is 0. The molecule has 29 heavy (non-hydrogen) atoms. The van der Waals surface area contributed by atoms with Gasteiger partial charge in [0.1, 0.15) is 11.6 Å². The van der Waals surface area contributed by atoms with E-state index in [0.717, 1.165) is 17.7 Å². The topological polar surface area (TPSA) is 46.6 Å². The van der Waals surface area contributed by atoms with Crippen LogP contribution in [-0.2, 0) is 11.2 Å². The lowest BCUT2D eigenvalue weighted by Gasteiger charge is -2.14. The van der Waals surface area contributed by atoms with Gasteiger partial charge in [-0.3, -0.25) is 4.79 Å². The van der Waals surface area contributed by atoms with E-state index in [9.17, 15) is 14.0 Å². The third-order valence-electron chi connectivity index (χ3n) is 4.76. The second kappa shape index (κ2) is 8.10. The van der Waals surface area contributed by atoms with E-state index < -0.39 is 11.8 Å². The Morgan fingerprint density at radius 3 is 2.45 bits per heavy atom. The molecule has 0 spiro atoms. The molecule has 0 N–H and O–H groups in total. The minimum Gasteiger partial charge on any atom is -0.423 e. The summed E-state index contributed by atoms with van der Waals surface area (Å²) in [7, 11) is 0. The Balaban J connectivity index is 1.40. The average molecular weight is 387 g/mol. The molecule has 1 aliphatic rings. The van der Waals surface area contributed by atoms with E-state index in [1.165, 1.54) is 29.8 Å². The Hall–Kier alpha value is -3.73. The predicted molar refractivity (Wildman–Crippen MR) is 109 cm³/mol. The van der Waals surface area contributed by atoms with Crippen molar-refractivity contribution in [3.05, 3.63) is 101 Å². The summed E-state index contributed by atoms with van der Waals surface area (Å²) < 4.78 is 18.9. The number of hydrogen-bond acceptors (Lipinski definition) is 3. The zero-order chi connectivity index (χ0) is 20.2. The number of hydrogen-bond donors (Lipinski definition) is 0. The van der Waals surface area contributed by atoms with Crippen LogP contribution in [0.2, 0.25) is 0 Å². The van der Waals surface area contributed by atoms with Crippen LogP contribution in [0.25, 0.3) is 6.08 Å². The molecule has 5 heteroatoms. The maximum Gasteiger partial charge on any atom is 0.346 e. The van der Waals surface area contributed by atoms with E-state index in [2.05, 4.69) is 0 Å². The molecule has 1 heterocycles. The molecule has 0 atom stereocenters. The van der Waals surface area contributed by atoms with E-state index in [-0.39, 0.29) is 11.5 Å². The second-order valence-corrected chi connectivity index (χ2v) is 6.64. The summed E-state index contributed by atoms with van der Waals surface area (Å²) in [5.74, 6) is -1.16. The van der Waals surface area contributed by atoms with Crippen molar-refractivity contribution in [1.82, 2.24) is 0 Å². The van der Waals surface area contributed by atoms with Gasteiger partial charge in [0.2, 0.25) is 0 Å². The van der Waals surface area contributed by atoms with Gasteiger partial charge in [0.05, 0.1) is 5.56 Å². The molecular weight excluding hydrogens is 369 g/mol. The van der Waals surface area contributed by atoms with E-state index in [1.807, 2.05) is 24.3 Å². The average Bonchev–Trinajstić information content (AvgIpc) is 3.17. The third kappa shape index (κ3) is 4.09. The lowest BCUT2D eigenvalue weighted by molar-refractivity contribution is -0.114. The number of fused-ring (bicyclic) bond motifs is 1. The Bertz CT molecular complexity index is 1090. The number of anilines is 1. The summed E-state index contributed by atoms with van der Waals surface area (Å²) in [5, 5.41) is 0. The van der Waals surface area contributed by atoms with Crippen molar-refractivity contribution in [3.8, 4) is 5.75 Å². The Morgan fingerprint density at radius 2 is 1.66 bits per heavy atom. The van der Waals surface area contributed by atoms with E-state index in [0.29, 0.717) is 12.3 Å². The fourth-order valence-corrected chi connectivity index (χ4v) is 3.26. The molecule has 0 aromatic heterocycles. The molecule has 3 aromatic rings. The first-order chi connectivity index (χ1) is 14.1. The number of ether oxygens (including phenoxy) is 1. The van der Waals surface area contributed by atoms with Crippen molar-refractivity contribution in [2.45, 2.75) is 6.42 Å². The molecule has 0 radical (unpaired) electrons. The molecule has 3 aromatic carbocycles. The fraction of sp³-hybridized carbons (Fsp3) is 0.0833. The van der Waals surface area contributed by atoms with E-state index in [4.69, 9.17) is 4.74 Å². The summed E-state index contributed by atoms with van der Waals surface area (Å²) in [6, 6.07) is 20.2. The van der Waals surface area contributed by atoms with Crippen molar-refractivity contribution in [3.63, 3.8) is 0 Å². The number of halogens is 1. The lowest BCUT2D eigenvalue weighted by atomic mass is 10.2. The molecule has 0 bridgehead atoms. The molecule has 4 rings (SSSR count). The van der Waals surface area contributed by atoms with Gasteiger partial charge in [0.25, 0.3) is 5.91 Å². The Kier molecular flexibility index (Phi) is 5.20. The number of rotatable bonds is 4. The number of benzene rings is 3. The van der Waals surface area contributed by atoms with Crippen LogP contribution in [0, 0.1) is 5.82 Å². The SMILES string of the molecule is O=C(Oc1ccc(C=CC(=O)N2CCc3ccccc32)cc1)c1ccccc1F. The number of amides is 1. The summed E-state index contributed by atoms with van der Waals surface area (Å²) in [6.07, 6.45) is 4.10. The zero-order valence-corrected chi connectivity index (χ0v) is 15.5. The number of esters is 1. The highest BCUT2D eigenvalue weighted by Gasteiger charge is 2.22. The number of nitrogens with zero attached hydrogens (tertiary/aromatic N) is 1. The quantitative estimate of drug-likeness (QED) is 0.372. The van der Waals surface area contributed by atoms with Gasteiger partial charge < -0.3 is 9.64 Å². The third-order valence-corrected chi connectivity index (χ3v) is 4.76. The number of para-hydroxylation sites is 1. The standard InChI is InChI=1S/C24H18FNO3/c25-21-7-3-2-6-20(21)24(28)29-19-12-9-17(10-13-19)11-14-23(27)26-16-15-18-5-1-4-8-22(18)26/h1-14H,15-16H2. The van der Waals surface area contributed by atoms with Crippen LogP contribution in [0.15, 0.2) is 78.9 Å². The molecule has 0 aliphatic carbocycles. The molecule has 0 saturated carbocycles. The molecule has 1 amide bonds. The normalized spacial score (nSPS) is 12.8. The molecule has 144 valence electrons. The molecule has 0 saturated heterocycles. The lowest BCUT2D eigenvalue weighted by Crippen LogP contribution is -2.26. The maximum absolute atomic E-state index is 13.7. The maximum atomic E-state index is 13.7. The first-order valence-electron chi connectivity index (χ1n) is 9.26. The van der Waals surface area contributed by atoms with Crippen molar-refractivity contribution in [2.24, 2.45) is 0 Å². The van der Waals surface area contributed by atoms with Crippen LogP contribution >= 0.6 is 0 Å². The van der Waals surface area contributed by atoms with Gasteiger partial charge in [-0.05, 0) is 54.0 Å². The van der Waals surface area contributed by atoms with Crippen molar-refractivity contribution < 1.29 is 18.7 Å². The van der Waals surface area contributed by atoms with Crippen molar-refractivity contribution in [1.29, 1.82) is 0 Å². The van der Waals surface area contributed by atoms with Crippen LogP contribution in [0.1, 0.15) is 21.5 Å². The molecular formula is C24H18FNO3. The van der Waals surface area contributed by atoms with Crippen molar-refractivity contribution >= 4 is 23.6 Å². The second-order valence-electron chi connectivity index (χ2n) is 6.64. The largest absolute Gasteiger partial charge is 0.423 e. The highest BCUT2D eigenvalue weighted by atomic mass is 19.1. The zero-order valence-electron chi connectivity index (χ0n) is 15.5. The minimum atomic E-state index is -0.755. The predicted octanol–water partition coefficient (Wildman–Crippen LogP) is 4.65. The van der Waals surface area contributed by atoms with E-state index in [1.54, 1.807) is 41.3 Å². The highest BCUT2D eigenvalue weighted by Crippen LogP contribution is 2.27. The monoisotopic (exact) mass is 387 g/mol. The molecule has 0 fully saturated rings. The first-order valence-corrected chi connectivity index (χ1v) is 9.26. The van der Waals surface area contributed by atoms with Gasteiger partial charge in [0, 0.05) is 18.3 Å². The van der Waals surface area contributed by atoms with Crippen LogP contribution in [0.5, 0.6) is 5.75 Å².